The number of hydrogen-bond acceptors (Lipinski definition) is 3. The van der Waals surface area contributed by atoms with Crippen molar-refractivity contribution in [1.29, 1.82) is 0 Å². The minimum absolute atomic E-state index is 0.327. The maximum atomic E-state index is 5.72. The van der Waals surface area contributed by atoms with Gasteiger partial charge in [0.25, 0.3) is 0 Å². The molecule has 2 unspecified atom stereocenters. The fraction of sp³-hybridized carbons (Fsp3) is 0.429. The molecular formula is C14H17NOS. The van der Waals surface area contributed by atoms with Crippen LogP contribution in [0.4, 0.5) is 0 Å². The molecule has 3 rings (SSSR count). The van der Waals surface area contributed by atoms with Gasteiger partial charge in [0, 0.05) is 23.0 Å². The quantitative estimate of drug-likeness (QED) is 0.887. The Balaban J connectivity index is 1.89. The molecule has 0 aromatic heterocycles. The van der Waals surface area contributed by atoms with Crippen molar-refractivity contribution >= 4 is 11.8 Å². The van der Waals surface area contributed by atoms with Crippen molar-refractivity contribution in [3.05, 3.63) is 41.7 Å². The minimum atomic E-state index is 0.327. The number of rotatable bonds is 3. The van der Waals surface area contributed by atoms with Crippen molar-refractivity contribution in [3.8, 4) is 0 Å². The van der Waals surface area contributed by atoms with Gasteiger partial charge in [0.2, 0.25) is 0 Å². The van der Waals surface area contributed by atoms with E-state index in [9.17, 15) is 0 Å². The molecule has 0 amide bonds. The van der Waals surface area contributed by atoms with Gasteiger partial charge < -0.3 is 10.1 Å². The smallest absolute Gasteiger partial charge is 0.110 e. The first-order valence-electron chi connectivity index (χ1n) is 6.12. The molecule has 0 fully saturated rings. The van der Waals surface area contributed by atoms with Gasteiger partial charge in [0.15, 0.2) is 0 Å². The van der Waals surface area contributed by atoms with Gasteiger partial charge in [-0.2, -0.15) is 0 Å². The highest BCUT2D eigenvalue weighted by molar-refractivity contribution is 7.99. The molecule has 0 aliphatic carbocycles. The van der Waals surface area contributed by atoms with E-state index in [1.54, 1.807) is 0 Å². The van der Waals surface area contributed by atoms with E-state index in [0.29, 0.717) is 12.0 Å². The maximum absolute atomic E-state index is 5.72. The van der Waals surface area contributed by atoms with Crippen molar-refractivity contribution in [2.24, 2.45) is 0 Å². The van der Waals surface area contributed by atoms with Crippen LogP contribution in [-0.4, -0.2) is 25.4 Å². The highest BCUT2D eigenvalue weighted by atomic mass is 32.2. The zero-order chi connectivity index (χ0) is 11.7. The zero-order valence-corrected chi connectivity index (χ0v) is 10.8. The molecule has 3 heteroatoms. The van der Waals surface area contributed by atoms with E-state index in [2.05, 4.69) is 35.7 Å². The summed E-state index contributed by atoms with van der Waals surface area (Å²) in [6.45, 7) is 0.842. The second-order valence-electron chi connectivity index (χ2n) is 4.47. The van der Waals surface area contributed by atoms with Crippen molar-refractivity contribution in [2.75, 3.05) is 19.4 Å². The van der Waals surface area contributed by atoms with Gasteiger partial charge >= 0.3 is 0 Å². The third kappa shape index (κ3) is 1.98. The van der Waals surface area contributed by atoms with Gasteiger partial charge in [-0.3, -0.25) is 0 Å². The molecule has 2 aliphatic rings. The summed E-state index contributed by atoms with van der Waals surface area (Å²) in [6.07, 6.45) is 3.28. The van der Waals surface area contributed by atoms with Crippen molar-refractivity contribution in [2.45, 2.75) is 23.3 Å². The van der Waals surface area contributed by atoms with Crippen LogP contribution in [0.1, 0.15) is 17.9 Å². The van der Waals surface area contributed by atoms with E-state index >= 15 is 0 Å². The summed E-state index contributed by atoms with van der Waals surface area (Å²) in [5.41, 5.74) is 1.47. The summed E-state index contributed by atoms with van der Waals surface area (Å²) >= 11 is 1.96. The largest absolute Gasteiger partial charge is 0.496 e. The maximum Gasteiger partial charge on any atom is 0.110 e. The lowest BCUT2D eigenvalue weighted by Gasteiger charge is -2.24. The molecule has 2 heterocycles. The van der Waals surface area contributed by atoms with Crippen LogP contribution in [-0.2, 0) is 4.74 Å². The predicted molar refractivity (Wildman–Crippen MR) is 71.4 cm³/mol. The Labute approximate surface area is 106 Å². The fourth-order valence-electron chi connectivity index (χ4n) is 2.66. The van der Waals surface area contributed by atoms with Crippen LogP contribution >= 0.6 is 11.8 Å². The Kier molecular flexibility index (Phi) is 3.12. The topological polar surface area (TPSA) is 21.3 Å². The monoisotopic (exact) mass is 247 g/mol. The van der Waals surface area contributed by atoms with Crippen LogP contribution in [0.25, 0.3) is 0 Å². The number of hydrogen-bond donors (Lipinski definition) is 1. The fourth-order valence-corrected chi connectivity index (χ4v) is 3.95. The Hall–Kier alpha value is -0.930. The molecule has 1 aromatic carbocycles. The van der Waals surface area contributed by atoms with Gasteiger partial charge in [-0.05, 0) is 24.8 Å². The van der Waals surface area contributed by atoms with Crippen molar-refractivity contribution < 1.29 is 4.74 Å². The van der Waals surface area contributed by atoms with Crippen LogP contribution in [0.5, 0.6) is 0 Å². The third-order valence-corrected chi connectivity index (χ3v) is 4.70. The molecule has 0 spiro atoms. The number of fused-ring (bicyclic) bond motifs is 1. The molecule has 17 heavy (non-hydrogen) atoms. The van der Waals surface area contributed by atoms with Crippen LogP contribution in [0, 0.1) is 0 Å². The first-order chi connectivity index (χ1) is 8.40. The zero-order valence-electron chi connectivity index (χ0n) is 9.98. The number of benzene rings is 1. The molecule has 90 valence electrons. The Morgan fingerprint density at radius 1 is 1.41 bits per heavy atom. The number of thioether (sulfide) groups is 1. The molecule has 1 aromatic rings. The van der Waals surface area contributed by atoms with Crippen LogP contribution < -0.4 is 5.32 Å². The summed E-state index contributed by atoms with van der Waals surface area (Å²) in [5, 5.41) is 3.42. The third-order valence-electron chi connectivity index (χ3n) is 3.49. The lowest BCUT2D eigenvalue weighted by atomic mass is 9.92. The van der Waals surface area contributed by atoms with Crippen molar-refractivity contribution in [1.82, 2.24) is 5.32 Å². The number of ether oxygens (including phenoxy) is 1. The van der Waals surface area contributed by atoms with E-state index in [4.69, 9.17) is 4.74 Å². The molecule has 2 nitrogen and oxygen atoms in total. The molecule has 1 N–H and O–H groups in total. The average Bonchev–Trinajstić information content (AvgIpc) is 3.01. The molecule has 0 bridgehead atoms. The molecule has 0 saturated carbocycles. The summed E-state index contributed by atoms with van der Waals surface area (Å²) in [4.78, 5) is 1.43. The highest BCUT2D eigenvalue weighted by Gasteiger charge is 2.33. The summed E-state index contributed by atoms with van der Waals surface area (Å²) < 4.78 is 5.72. The Bertz CT molecular complexity index is 444. The van der Waals surface area contributed by atoms with E-state index in [0.717, 1.165) is 24.5 Å². The lowest BCUT2D eigenvalue weighted by molar-refractivity contribution is 0.211. The number of likely N-dealkylation sites (N-methyl/N-ethyl adjacent to an activating group) is 1. The van der Waals surface area contributed by atoms with Gasteiger partial charge in [0.1, 0.15) is 5.76 Å². The van der Waals surface area contributed by atoms with Crippen LogP contribution in [0.3, 0.4) is 0 Å². The molecule has 0 saturated heterocycles. The first-order valence-corrected chi connectivity index (χ1v) is 7.10. The second kappa shape index (κ2) is 4.75. The summed E-state index contributed by atoms with van der Waals surface area (Å²) in [5.74, 6) is 2.81. The Morgan fingerprint density at radius 3 is 3.06 bits per heavy atom. The summed E-state index contributed by atoms with van der Waals surface area (Å²) in [6, 6.07) is 9.05. The van der Waals surface area contributed by atoms with Crippen LogP contribution in [0.2, 0.25) is 0 Å². The predicted octanol–water partition coefficient (Wildman–Crippen LogP) is 2.77. The minimum Gasteiger partial charge on any atom is -0.496 e. The highest BCUT2D eigenvalue weighted by Crippen LogP contribution is 2.42. The second-order valence-corrected chi connectivity index (χ2v) is 5.53. The molecule has 2 aliphatic heterocycles. The van der Waals surface area contributed by atoms with E-state index in [1.807, 2.05) is 18.8 Å². The molecular weight excluding hydrogens is 230 g/mol. The Morgan fingerprint density at radius 2 is 2.29 bits per heavy atom. The number of nitrogens with one attached hydrogen (secondary N) is 1. The average molecular weight is 247 g/mol. The van der Waals surface area contributed by atoms with Crippen LogP contribution in [0.15, 0.2) is 41.0 Å². The summed E-state index contributed by atoms with van der Waals surface area (Å²) in [7, 11) is 2.03. The normalized spacial score (nSPS) is 24.1. The first kappa shape index (κ1) is 11.2. The van der Waals surface area contributed by atoms with E-state index in [-0.39, 0.29) is 0 Å². The standard InChI is InChI=1S/C14H17NOS/c1-15-14(12-6-4-8-16-12)11-9-17-13-7-3-2-5-10(11)13/h2-3,5-7,11,14-15H,4,8-9H2,1H3. The van der Waals surface area contributed by atoms with Gasteiger partial charge in [-0.1, -0.05) is 18.2 Å². The van der Waals surface area contributed by atoms with Gasteiger partial charge in [0.05, 0.1) is 12.6 Å². The van der Waals surface area contributed by atoms with E-state index in [1.165, 1.54) is 10.5 Å². The van der Waals surface area contributed by atoms with E-state index < -0.39 is 0 Å². The molecule has 0 radical (unpaired) electrons. The molecule has 2 atom stereocenters. The van der Waals surface area contributed by atoms with Crippen molar-refractivity contribution in [3.63, 3.8) is 0 Å². The van der Waals surface area contributed by atoms with Gasteiger partial charge in [-0.25, -0.2) is 0 Å². The lowest BCUT2D eigenvalue weighted by Crippen LogP contribution is -2.34. The SMILES string of the molecule is CNC(C1=CCCO1)C1CSc2ccccc21. The van der Waals surface area contributed by atoms with Gasteiger partial charge in [-0.15, -0.1) is 11.8 Å².